The van der Waals surface area contributed by atoms with Crippen LogP contribution in [0.15, 0.2) is 78.9 Å². The zero-order chi connectivity index (χ0) is 26.9. The SMILES string of the molecule is CCCCCCCOc1ccc(-c2ccc(COc3ccc(-c4ccc(C)cc4)c(F)c3F)cc2)cc1F. The first-order chi connectivity index (χ1) is 18.5. The van der Waals surface area contributed by atoms with E-state index in [1.165, 1.54) is 37.5 Å². The third kappa shape index (κ3) is 6.97. The molecule has 0 radical (unpaired) electrons. The summed E-state index contributed by atoms with van der Waals surface area (Å²) in [6.07, 6.45) is 5.58. The topological polar surface area (TPSA) is 18.5 Å². The molecule has 0 aliphatic carbocycles. The van der Waals surface area contributed by atoms with Gasteiger partial charge >= 0.3 is 0 Å². The molecule has 0 saturated heterocycles. The summed E-state index contributed by atoms with van der Waals surface area (Å²) in [6, 6.07) is 22.5. The molecular weight excluding hydrogens is 485 g/mol. The Morgan fingerprint density at radius 3 is 1.97 bits per heavy atom. The summed E-state index contributed by atoms with van der Waals surface area (Å²) >= 11 is 0. The molecule has 2 nitrogen and oxygen atoms in total. The fourth-order valence-electron chi connectivity index (χ4n) is 4.24. The van der Waals surface area contributed by atoms with Crippen LogP contribution >= 0.6 is 0 Å². The van der Waals surface area contributed by atoms with Crippen molar-refractivity contribution in [2.45, 2.75) is 52.6 Å². The van der Waals surface area contributed by atoms with Crippen LogP contribution in [0.2, 0.25) is 0 Å². The van der Waals surface area contributed by atoms with Crippen molar-refractivity contribution in [1.82, 2.24) is 0 Å². The van der Waals surface area contributed by atoms with Crippen molar-refractivity contribution in [3.8, 4) is 33.8 Å². The molecule has 0 saturated carbocycles. The molecule has 0 amide bonds. The first kappa shape index (κ1) is 27.3. The van der Waals surface area contributed by atoms with Crippen molar-refractivity contribution in [3.63, 3.8) is 0 Å². The second-order valence-electron chi connectivity index (χ2n) is 9.50. The monoisotopic (exact) mass is 518 g/mol. The number of hydrogen-bond acceptors (Lipinski definition) is 2. The Bertz CT molecular complexity index is 1330. The van der Waals surface area contributed by atoms with E-state index in [0.717, 1.165) is 35.1 Å². The predicted molar refractivity (Wildman–Crippen MR) is 147 cm³/mol. The lowest BCUT2D eigenvalue weighted by Gasteiger charge is -2.12. The van der Waals surface area contributed by atoms with Crippen molar-refractivity contribution in [1.29, 1.82) is 0 Å². The van der Waals surface area contributed by atoms with Gasteiger partial charge in [0.25, 0.3) is 0 Å². The second-order valence-corrected chi connectivity index (χ2v) is 9.50. The lowest BCUT2D eigenvalue weighted by Crippen LogP contribution is -2.00. The van der Waals surface area contributed by atoms with Crippen molar-refractivity contribution in [2.75, 3.05) is 6.61 Å². The Kier molecular flexibility index (Phi) is 9.47. The average Bonchev–Trinajstić information content (AvgIpc) is 2.93. The number of hydrogen-bond donors (Lipinski definition) is 0. The van der Waals surface area contributed by atoms with E-state index in [-0.39, 0.29) is 23.7 Å². The van der Waals surface area contributed by atoms with Gasteiger partial charge in [-0.15, -0.1) is 0 Å². The van der Waals surface area contributed by atoms with Crippen LogP contribution in [0.1, 0.15) is 50.2 Å². The quantitative estimate of drug-likeness (QED) is 0.174. The fourth-order valence-corrected chi connectivity index (χ4v) is 4.24. The number of benzene rings is 4. The van der Waals surface area contributed by atoms with Gasteiger partial charge in [0.05, 0.1) is 6.61 Å². The molecule has 0 bridgehead atoms. The highest BCUT2D eigenvalue weighted by Crippen LogP contribution is 2.31. The van der Waals surface area contributed by atoms with Gasteiger partial charge in [-0.3, -0.25) is 0 Å². The van der Waals surface area contributed by atoms with Gasteiger partial charge in [-0.2, -0.15) is 4.39 Å². The Morgan fingerprint density at radius 2 is 1.26 bits per heavy atom. The molecule has 4 aromatic rings. The normalized spacial score (nSPS) is 11.0. The molecule has 4 aromatic carbocycles. The van der Waals surface area contributed by atoms with E-state index in [4.69, 9.17) is 9.47 Å². The molecular formula is C33H33F3O2. The Morgan fingerprint density at radius 1 is 0.605 bits per heavy atom. The third-order valence-corrected chi connectivity index (χ3v) is 6.53. The molecule has 0 spiro atoms. The van der Waals surface area contributed by atoms with Crippen molar-refractivity contribution < 1.29 is 22.6 Å². The number of rotatable bonds is 12. The summed E-state index contributed by atoms with van der Waals surface area (Å²) in [5, 5.41) is 0. The summed E-state index contributed by atoms with van der Waals surface area (Å²) in [7, 11) is 0. The van der Waals surface area contributed by atoms with E-state index in [9.17, 15) is 13.2 Å². The maximum atomic E-state index is 14.7. The van der Waals surface area contributed by atoms with E-state index in [1.807, 2.05) is 49.4 Å². The van der Waals surface area contributed by atoms with Crippen LogP contribution in [0.4, 0.5) is 13.2 Å². The highest BCUT2D eigenvalue weighted by Gasteiger charge is 2.16. The number of aryl methyl sites for hydroxylation is 1. The van der Waals surface area contributed by atoms with Crippen LogP contribution in [0.5, 0.6) is 11.5 Å². The van der Waals surface area contributed by atoms with Gasteiger partial charge in [0.2, 0.25) is 5.82 Å². The largest absolute Gasteiger partial charge is 0.491 e. The molecule has 38 heavy (non-hydrogen) atoms. The van der Waals surface area contributed by atoms with Crippen LogP contribution in [-0.4, -0.2) is 6.61 Å². The zero-order valence-electron chi connectivity index (χ0n) is 21.9. The van der Waals surface area contributed by atoms with E-state index >= 15 is 0 Å². The Labute approximate surface area is 223 Å². The third-order valence-electron chi connectivity index (χ3n) is 6.53. The smallest absolute Gasteiger partial charge is 0.201 e. The summed E-state index contributed by atoms with van der Waals surface area (Å²) in [6.45, 7) is 4.68. The molecule has 5 heteroatoms. The highest BCUT2D eigenvalue weighted by molar-refractivity contribution is 5.66. The molecule has 0 aromatic heterocycles. The number of ether oxygens (including phenoxy) is 2. The average molecular weight is 519 g/mol. The molecule has 0 atom stereocenters. The summed E-state index contributed by atoms with van der Waals surface area (Å²) in [5.74, 6) is -2.23. The van der Waals surface area contributed by atoms with E-state index in [1.54, 1.807) is 18.2 Å². The molecule has 0 heterocycles. The molecule has 4 rings (SSSR count). The van der Waals surface area contributed by atoms with E-state index < -0.39 is 17.5 Å². The lowest BCUT2D eigenvalue weighted by atomic mass is 10.0. The molecule has 198 valence electrons. The maximum Gasteiger partial charge on any atom is 0.201 e. The van der Waals surface area contributed by atoms with Crippen LogP contribution in [-0.2, 0) is 6.61 Å². The van der Waals surface area contributed by atoms with Crippen LogP contribution in [0.3, 0.4) is 0 Å². The first-order valence-corrected chi connectivity index (χ1v) is 13.2. The van der Waals surface area contributed by atoms with Crippen LogP contribution < -0.4 is 9.47 Å². The van der Waals surface area contributed by atoms with Gasteiger partial charge in [0.15, 0.2) is 23.1 Å². The summed E-state index contributed by atoms with van der Waals surface area (Å²) in [5.41, 5.74) is 4.17. The number of unbranched alkanes of at least 4 members (excludes halogenated alkanes) is 4. The predicted octanol–water partition coefficient (Wildman–Crippen LogP) is 9.67. The van der Waals surface area contributed by atoms with Gasteiger partial charge in [0, 0.05) is 5.56 Å². The fraction of sp³-hybridized carbons (Fsp3) is 0.273. The minimum absolute atomic E-state index is 0.0694. The summed E-state index contributed by atoms with van der Waals surface area (Å²) in [4.78, 5) is 0. The molecule has 0 aliphatic heterocycles. The van der Waals surface area contributed by atoms with Gasteiger partial charge < -0.3 is 9.47 Å². The molecule has 0 aliphatic rings. The van der Waals surface area contributed by atoms with Gasteiger partial charge in [-0.05, 0) is 59.9 Å². The minimum atomic E-state index is -1.02. The molecule has 0 N–H and O–H groups in total. The minimum Gasteiger partial charge on any atom is -0.491 e. The first-order valence-electron chi connectivity index (χ1n) is 13.2. The zero-order valence-corrected chi connectivity index (χ0v) is 21.9. The second kappa shape index (κ2) is 13.2. The Hall–Kier alpha value is -3.73. The van der Waals surface area contributed by atoms with Crippen LogP contribution in [0.25, 0.3) is 22.3 Å². The lowest BCUT2D eigenvalue weighted by molar-refractivity contribution is 0.285. The molecule has 0 fully saturated rings. The molecule has 0 unspecified atom stereocenters. The Balaban J connectivity index is 1.35. The summed E-state index contributed by atoms with van der Waals surface area (Å²) < 4.78 is 55.1. The van der Waals surface area contributed by atoms with E-state index in [2.05, 4.69) is 6.92 Å². The number of halogens is 3. The van der Waals surface area contributed by atoms with Gasteiger partial charge in [0.1, 0.15) is 6.61 Å². The van der Waals surface area contributed by atoms with Crippen molar-refractivity contribution in [2.24, 2.45) is 0 Å². The standard InChI is InChI=1S/C33H33F3O2/c1-3-4-5-6-7-20-37-30-18-16-27(21-29(30)34)25-14-10-24(11-15-25)22-38-31-19-17-28(32(35)33(31)36)26-12-8-23(2)9-13-26/h8-19,21H,3-7,20,22H2,1-2H3. The van der Waals surface area contributed by atoms with E-state index in [0.29, 0.717) is 12.2 Å². The van der Waals surface area contributed by atoms with Crippen molar-refractivity contribution in [3.05, 3.63) is 107 Å². The van der Waals surface area contributed by atoms with Gasteiger partial charge in [-0.25, -0.2) is 8.78 Å². The highest BCUT2D eigenvalue weighted by atomic mass is 19.2. The van der Waals surface area contributed by atoms with Crippen LogP contribution in [0, 0.1) is 24.4 Å². The maximum absolute atomic E-state index is 14.7. The van der Waals surface area contributed by atoms with Gasteiger partial charge in [-0.1, -0.05) is 92.8 Å². The van der Waals surface area contributed by atoms with Crippen molar-refractivity contribution >= 4 is 0 Å².